The van der Waals surface area contributed by atoms with E-state index in [0.717, 1.165) is 26.9 Å². The van der Waals surface area contributed by atoms with Gasteiger partial charge in [-0.05, 0) is 54.8 Å². The number of anilines is 1. The highest BCUT2D eigenvalue weighted by atomic mass is 32.2. The highest BCUT2D eigenvalue weighted by Crippen LogP contribution is 2.33. The Morgan fingerprint density at radius 2 is 1.75 bits per heavy atom. The molecule has 0 atom stereocenters. The number of rotatable bonds is 6. The van der Waals surface area contributed by atoms with Gasteiger partial charge in [0.15, 0.2) is 15.0 Å². The number of nitrogens with zero attached hydrogens (tertiary/aromatic N) is 2. The maximum atomic E-state index is 13.6. The lowest BCUT2D eigenvalue weighted by Crippen LogP contribution is -2.30. The summed E-state index contributed by atoms with van der Waals surface area (Å²) in [6, 6.07) is 20.0. The van der Waals surface area contributed by atoms with Gasteiger partial charge in [-0.3, -0.25) is 9.69 Å². The molecule has 1 heterocycles. The average molecular weight is 465 g/mol. The molecule has 164 valence electrons. The smallest absolute Gasteiger partial charge is 0.260 e. The molecule has 5 nitrogen and oxygen atoms in total. The third-order valence-corrected chi connectivity index (χ3v) is 8.33. The maximum Gasteiger partial charge on any atom is 0.260 e. The highest BCUT2D eigenvalue weighted by molar-refractivity contribution is 7.91. The molecular weight excluding hydrogens is 440 g/mol. The molecule has 1 amide bonds. The summed E-state index contributed by atoms with van der Waals surface area (Å²) < 4.78 is 25.7. The molecule has 4 aromatic rings. The Kier molecular flexibility index (Phi) is 6.13. The Morgan fingerprint density at radius 1 is 1.00 bits per heavy atom. The first-order valence-corrected chi connectivity index (χ1v) is 12.8. The molecule has 0 radical (unpaired) electrons. The van der Waals surface area contributed by atoms with Crippen LogP contribution in [-0.4, -0.2) is 25.1 Å². The number of fused-ring (bicyclic) bond motifs is 1. The van der Waals surface area contributed by atoms with E-state index < -0.39 is 9.84 Å². The zero-order chi connectivity index (χ0) is 22.9. The van der Waals surface area contributed by atoms with Crippen molar-refractivity contribution in [2.75, 3.05) is 10.7 Å². The van der Waals surface area contributed by atoms with E-state index in [1.807, 2.05) is 50.2 Å². The number of carbonyl (C=O) groups excluding carboxylic acids is 1. The summed E-state index contributed by atoms with van der Waals surface area (Å²) in [7, 11) is -3.42. The Morgan fingerprint density at radius 3 is 2.47 bits per heavy atom. The van der Waals surface area contributed by atoms with E-state index in [-0.39, 0.29) is 16.6 Å². The molecule has 32 heavy (non-hydrogen) atoms. The molecule has 0 bridgehead atoms. The van der Waals surface area contributed by atoms with Gasteiger partial charge < -0.3 is 0 Å². The molecule has 1 aromatic heterocycles. The second kappa shape index (κ2) is 8.84. The lowest BCUT2D eigenvalue weighted by Gasteiger charge is -2.20. The summed E-state index contributed by atoms with van der Waals surface area (Å²) in [5.74, 6) is -0.301. The predicted octanol–water partition coefficient (Wildman–Crippen LogP) is 5.55. The van der Waals surface area contributed by atoms with Crippen molar-refractivity contribution in [1.29, 1.82) is 0 Å². The van der Waals surface area contributed by atoms with Crippen molar-refractivity contribution >= 4 is 42.4 Å². The number of thiazole rings is 1. The Bertz CT molecular complexity index is 1390. The number of amides is 1. The summed E-state index contributed by atoms with van der Waals surface area (Å²) in [6.45, 7) is 6.00. The van der Waals surface area contributed by atoms with Gasteiger partial charge in [-0.25, -0.2) is 13.4 Å². The molecule has 0 aliphatic rings. The number of carbonyl (C=O) groups is 1. The molecule has 0 saturated heterocycles. The molecule has 0 aliphatic heterocycles. The highest BCUT2D eigenvalue weighted by Gasteiger charge is 2.24. The summed E-state index contributed by atoms with van der Waals surface area (Å²) >= 11 is 1.46. The van der Waals surface area contributed by atoms with Crippen molar-refractivity contribution in [2.24, 2.45) is 0 Å². The molecule has 0 fully saturated rings. The van der Waals surface area contributed by atoms with Crippen molar-refractivity contribution in [3.8, 4) is 0 Å². The third-order valence-electron chi connectivity index (χ3n) is 5.55. The molecule has 7 heteroatoms. The van der Waals surface area contributed by atoms with Crippen LogP contribution in [-0.2, 0) is 16.4 Å². The Balaban J connectivity index is 1.81. The number of aromatic nitrogens is 1. The van der Waals surface area contributed by atoms with Crippen LogP contribution in [0, 0.1) is 13.8 Å². The quantitative estimate of drug-likeness (QED) is 0.375. The van der Waals surface area contributed by atoms with Crippen molar-refractivity contribution in [3.05, 3.63) is 89.0 Å². The van der Waals surface area contributed by atoms with Crippen LogP contribution in [0.4, 0.5) is 5.13 Å². The average Bonchev–Trinajstić information content (AvgIpc) is 3.25. The van der Waals surface area contributed by atoms with Crippen molar-refractivity contribution in [2.45, 2.75) is 32.2 Å². The van der Waals surface area contributed by atoms with E-state index in [0.29, 0.717) is 17.2 Å². The normalized spacial score (nSPS) is 11.6. The van der Waals surface area contributed by atoms with E-state index in [4.69, 9.17) is 4.98 Å². The molecule has 0 spiro atoms. The fourth-order valence-corrected chi connectivity index (χ4v) is 5.42. The summed E-state index contributed by atoms with van der Waals surface area (Å²) in [5, 5.41) is 0.589. The minimum atomic E-state index is -3.42. The molecular formula is C25H24N2O3S2. The molecule has 0 N–H and O–H groups in total. The lowest BCUT2D eigenvalue weighted by atomic mass is 10.1. The summed E-state index contributed by atoms with van der Waals surface area (Å²) in [5.41, 5.74) is 4.41. The zero-order valence-corrected chi connectivity index (χ0v) is 19.8. The van der Waals surface area contributed by atoms with Gasteiger partial charge in [-0.2, -0.15) is 0 Å². The van der Waals surface area contributed by atoms with Crippen LogP contribution in [0.5, 0.6) is 0 Å². The molecule has 0 unspecified atom stereocenters. The van der Waals surface area contributed by atoms with E-state index in [1.165, 1.54) is 23.5 Å². The van der Waals surface area contributed by atoms with E-state index in [9.17, 15) is 13.2 Å². The van der Waals surface area contributed by atoms with Gasteiger partial charge in [0.05, 0.1) is 27.4 Å². The fourth-order valence-electron chi connectivity index (χ4n) is 3.47. The van der Waals surface area contributed by atoms with E-state index >= 15 is 0 Å². The number of benzene rings is 3. The van der Waals surface area contributed by atoms with E-state index in [2.05, 4.69) is 6.07 Å². The van der Waals surface area contributed by atoms with Crippen LogP contribution in [0.2, 0.25) is 0 Å². The minimum Gasteiger partial charge on any atom is -0.279 e. The second-order valence-electron chi connectivity index (χ2n) is 7.66. The van der Waals surface area contributed by atoms with Crippen LogP contribution in [0.1, 0.15) is 34.0 Å². The van der Waals surface area contributed by atoms with Gasteiger partial charge in [-0.15, -0.1) is 0 Å². The van der Waals surface area contributed by atoms with Crippen molar-refractivity contribution in [1.82, 2.24) is 4.98 Å². The fraction of sp³-hybridized carbons (Fsp3) is 0.200. The van der Waals surface area contributed by atoms with Crippen molar-refractivity contribution in [3.63, 3.8) is 0 Å². The van der Waals surface area contributed by atoms with Crippen LogP contribution < -0.4 is 4.90 Å². The zero-order valence-electron chi connectivity index (χ0n) is 18.2. The topological polar surface area (TPSA) is 67.3 Å². The SMILES string of the molecule is CCS(=O)(=O)c1cccc(C(=O)N(Cc2ccccc2)c2nc3c(C)c(C)ccc3s2)c1. The number of hydrogen-bond acceptors (Lipinski definition) is 5. The van der Waals surface area contributed by atoms with Gasteiger partial charge in [0, 0.05) is 5.56 Å². The number of hydrogen-bond donors (Lipinski definition) is 0. The van der Waals surface area contributed by atoms with E-state index in [1.54, 1.807) is 24.0 Å². The van der Waals surface area contributed by atoms with Crippen LogP contribution >= 0.6 is 11.3 Å². The van der Waals surface area contributed by atoms with Crippen LogP contribution in [0.3, 0.4) is 0 Å². The van der Waals surface area contributed by atoms with Gasteiger partial charge in [0.1, 0.15) is 0 Å². The molecule has 4 rings (SSSR count). The second-order valence-corrected chi connectivity index (χ2v) is 10.9. The Hall–Kier alpha value is -3.03. The van der Waals surface area contributed by atoms with Crippen molar-refractivity contribution < 1.29 is 13.2 Å². The molecule has 0 aliphatic carbocycles. The van der Waals surface area contributed by atoms with Crippen LogP contribution in [0.25, 0.3) is 10.2 Å². The first-order chi connectivity index (χ1) is 15.3. The van der Waals surface area contributed by atoms with Crippen LogP contribution in [0.15, 0.2) is 71.6 Å². The Labute approximate surface area is 192 Å². The number of sulfone groups is 1. The van der Waals surface area contributed by atoms with Gasteiger partial charge in [-0.1, -0.05) is 60.7 Å². The van der Waals surface area contributed by atoms with Gasteiger partial charge >= 0.3 is 0 Å². The monoisotopic (exact) mass is 464 g/mol. The predicted molar refractivity (Wildman–Crippen MR) is 130 cm³/mol. The molecule has 3 aromatic carbocycles. The summed E-state index contributed by atoms with van der Waals surface area (Å²) in [4.78, 5) is 20.2. The van der Waals surface area contributed by atoms with Gasteiger partial charge in [0.2, 0.25) is 0 Å². The number of aryl methyl sites for hydroxylation is 2. The standard InChI is InChI=1S/C25H24N2O3S2/c1-4-32(29,30)21-12-8-11-20(15-21)24(28)27(16-19-9-6-5-7-10-19)25-26-23-18(3)17(2)13-14-22(23)31-25/h5-15H,4,16H2,1-3H3. The lowest BCUT2D eigenvalue weighted by molar-refractivity contribution is 0.0985. The largest absolute Gasteiger partial charge is 0.279 e. The maximum absolute atomic E-state index is 13.6. The first-order valence-electron chi connectivity index (χ1n) is 10.4. The minimum absolute atomic E-state index is 0.0190. The molecule has 0 saturated carbocycles. The summed E-state index contributed by atoms with van der Waals surface area (Å²) in [6.07, 6.45) is 0. The first kappa shape index (κ1) is 22.2. The third kappa shape index (κ3) is 4.31. The van der Waals surface area contributed by atoms with Gasteiger partial charge in [0.25, 0.3) is 5.91 Å².